The fourth-order valence-corrected chi connectivity index (χ4v) is 2.17. The Morgan fingerprint density at radius 2 is 1.89 bits per heavy atom. The van der Waals surface area contributed by atoms with Crippen LogP contribution in [0.2, 0.25) is 0 Å². The molecule has 96 valence electrons. The lowest BCUT2D eigenvalue weighted by molar-refractivity contribution is -0.136. The number of carbonyl (C=O) groups is 1. The van der Waals surface area contributed by atoms with Gasteiger partial charge in [-0.15, -0.1) is 0 Å². The topological polar surface area (TPSA) is 67.5 Å². The van der Waals surface area contributed by atoms with Crippen LogP contribution in [-0.4, -0.2) is 25.7 Å². The molecule has 0 aliphatic carbocycles. The molecule has 0 bridgehead atoms. The van der Waals surface area contributed by atoms with Crippen LogP contribution < -0.4 is 0 Å². The zero-order valence-corrected chi connectivity index (χ0v) is 11.1. The van der Waals surface area contributed by atoms with Crippen molar-refractivity contribution in [1.82, 2.24) is 14.6 Å². The van der Waals surface area contributed by atoms with E-state index in [1.807, 2.05) is 32.2 Å². The van der Waals surface area contributed by atoms with Crippen LogP contribution in [-0.2, 0) is 11.2 Å². The molecular weight excluding hydrogens is 230 g/mol. The number of hydrogen-bond donors (Lipinski definition) is 1. The van der Waals surface area contributed by atoms with E-state index in [2.05, 4.69) is 10.1 Å². The summed E-state index contributed by atoms with van der Waals surface area (Å²) in [5.74, 6) is -0.790. The zero-order valence-electron chi connectivity index (χ0n) is 11.1. The van der Waals surface area contributed by atoms with Gasteiger partial charge in [0.25, 0.3) is 0 Å². The average molecular weight is 247 g/mol. The number of carboxylic acids is 1. The van der Waals surface area contributed by atoms with Crippen molar-refractivity contribution in [3.8, 4) is 0 Å². The van der Waals surface area contributed by atoms with E-state index in [4.69, 9.17) is 5.11 Å². The van der Waals surface area contributed by atoms with E-state index in [0.717, 1.165) is 33.9 Å². The SMILES string of the molecule is Cc1nc2c(C)c(C)nn2c(C)c1CCC(=O)O. The Labute approximate surface area is 105 Å². The molecule has 0 aliphatic heterocycles. The molecule has 0 aliphatic rings. The van der Waals surface area contributed by atoms with Gasteiger partial charge >= 0.3 is 5.97 Å². The molecule has 0 saturated carbocycles. The van der Waals surface area contributed by atoms with Crippen molar-refractivity contribution in [2.24, 2.45) is 0 Å². The van der Waals surface area contributed by atoms with Gasteiger partial charge in [-0.1, -0.05) is 0 Å². The summed E-state index contributed by atoms with van der Waals surface area (Å²) in [5, 5.41) is 13.2. The Morgan fingerprint density at radius 1 is 1.22 bits per heavy atom. The van der Waals surface area contributed by atoms with E-state index in [0.29, 0.717) is 6.42 Å². The Balaban J connectivity index is 2.58. The third kappa shape index (κ3) is 1.96. The number of rotatable bonds is 3. The quantitative estimate of drug-likeness (QED) is 0.900. The summed E-state index contributed by atoms with van der Waals surface area (Å²) in [6.07, 6.45) is 0.613. The molecule has 0 spiro atoms. The predicted octanol–water partition coefficient (Wildman–Crippen LogP) is 1.98. The number of carboxylic acid groups (broad SMARTS) is 1. The highest BCUT2D eigenvalue weighted by Gasteiger charge is 2.14. The molecule has 2 heterocycles. The lowest BCUT2D eigenvalue weighted by atomic mass is 10.1. The minimum Gasteiger partial charge on any atom is -0.481 e. The normalized spacial score (nSPS) is 11.1. The first-order valence-electron chi connectivity index (χ1n) is 5.95. The van der Waals surface area contributed by atoms with Crippen LogP contribution >= 0.6 is 0 Å². The van der Waals surface area contributed by atoms with Gasteiger partial charge in [0, 0.05) is 23.4 Å². The van der Waals surface area contributed by atoms with Crippen LogP contribution in [0, 0.1) is 27.7 Å². The van der Waals surface area contributed by atoms with Gasteiger partial charge in [0.05, 0.1) is 5.69 Å². The lowest BCUT2D eigenvalue weighted by Crippen LogP contribution is -2.08. The minimum atomic E-state index is -0.790. The number of aromatic nitrogens is 3. The molecule has 0 unspecified atom stereocenters. The van der Waals surface area contributed by atoms with Gasteiger partial charge in [0.15, 0.2) is 5.65 Å². The minimum absolute atomic E-state index is 0.119. The van der Waals surface area contributed by atoms with Crippen LogP contribution in [0.25, 0.3) is 5.65 Å². The first-order chi connectivity index (χ1) is 8.41. The highest BCUT2D eigenvalue weighted by molar-refractivity contribution is 5.67. The summed E-state index contributed by atoms with van der Waals surface area (Å²) in [6.45, 7) is 7.84. The molecule has 0 saturated heterocycles. The molecule has 0 radical (unpaired) electrons. The molecule has 2 aromatic heterocycles. The average Bonchev–Trinajstić information content (AvgIpc) is 2.56. The van der Waals surface area contributed by atoms with Crippen molar-refractivity contribution in [2.45, 2.75) is 40.5 Å². The smallest absolute Gasteiger partial charge is 0.303 e. The molecule has 5 heteroatoms. The Morgan fingerprint density at radius 3 is 2.50 bits per heavy atom. The number of hydrogen-bond acceptors (Lipinski definition) is 3. The molecular formula is C13H17N3O2. The second-order valence-corrected chi connectivity index (χ2v) is 4.60. The van der Waals surface area contributed by atoms with E-state index in [1.165, 1.54) is 0 Å². The van der Waals surface area contributed by atoms with Crippen LogP contribution in [0.5, 0.6) is 0 Å². The Kier molecular flexibility index (Phi) is 3.07. The summed E-state index contributed by atoms with van der Waals surface area (Å²) >= 11 is 0. The molecule has 0 aromatic carbocycles. The molecule has 2 rings (SSSR count). The molecule has 5 nitrogen and oxygen atoms in total. The van der Waals surface area contributed by atoms with E-state index >= 15 is 0 Å². The van der Waals surface area contributed by atoms with E-state index < -0.39 is 5.97 Å². The van der Waals surface area contributed by atoms with Crippen molar-refractivity contribution >= 4 is 11.6 Å². The number of fused-ring (bicyclic) bond motifs is 1. The molecule has 0 atom stereocenters. The first-order valence-corrected chi connectivity index (χ1v) is 5.95. The predicted molar refractivity (Wildman–Crippen MR) is 67.9 cm³/mol. The maximum Gasteiger partial charge on any atom is 0.303 e. The van der Waals surface area contributed by atoms with Gasteiger partial charge in [-0.25, -0.2) is 9.50 Å². The van der Waals surface area contributed by atoms with Crippen LogP contribution in [0.1, 0.15) is 34.6 Å². The first kappa shape index (κ1) is 12.5. The number of aryl methyl sites for hydroxylation is 4. The van der Waals surface area contributed by atoms with E-state index in [1.54, 1.807) is 0 Å². The molecule has 0 amide bonds. The van der Waals surface area contributed by atoms with Crippen molar-refractivity contribution < 1.29 is 9.90 Å². The van der Waals surface area contributed by atoms with Crippen molar-refractivity contribution in [2.75, 3.05) is 0 Å². The standard InChI is InChI=1S/C13H17N3O2/c1-7-8(2)15-16-10(4)11(5-6-12(17)18)9(3)14-13(7)16/h5-6H2,1-4H3,(H,17,18). The molecule has 0 fully saturated rings. The van der Waals surface area contributed by atoms with Gasteiger partial charge in [0.2, 0.25) is 0 Å². The third-order valence-electron chi connectivity index (χ3n) is 3.38. The Bertz CT molecular complexity index is 629. The van der Waals surface area contributed by atoms with Gasteiger partial charge in [-0.3, -0.25) is 4.79 Å². The molecule has 2 aromatic rings. The van der Waals surface area contributed by atoms with Crippen molar-refractivity contribution in [3.63, 3.8) is 0 Å². The Hall–Kier alpha value is -1.91. The van der Waals surface area contributed by atoms with Gasteiger partial charge in [-0.05, 0) is 39.7 Å². The fraction of sp³-hybridized carbons (Fsp3) is 0.462. The number of nitrogens with zero attached hydrogens (tertiary/aromatic N) is 3. The highest BCUT2D eigenvalue weighted by Crippen LogP contribution is 2.19. The van der Waals surface area contributed by atoms with Gasteiger partial charge in [-0.2, -0.15) is 5.10 Å². The van der Waals surface area contributed by atoms with E-state index in [9.17, 15) is 4.79 Å². The second kappa shape index (κ2) is 4.40. The lowest BCUT2D eigenvalue weighted by Gasteiger charge is -2.10. The monoisotopic (exact) mass is 247 g/mol. The summed E-state index contributed by atoms with van der Waals surface area (Å²) in [4.78, 5) is 15.2. The van der Waals surface area contributed by atoms with Crippen molar-refractivity contribution in [1.29, 1.82) is 0 Å². The third-order valence-corrected chi connectivity index (χ3v) is 3.38. The van der Waals surface area contributed by atoms with Gasteiger partial charge in [0.1, 0.15) is 0 Å². The maximum absolute atomic E-state index is 10.7. The maximum atomic E-state index is 10.7. The molecule has 1 N–H and O–H groups in total. The van der Waals surface area contributed by atoms with Crippen LogP contribution in [0.4, 0.5) is 0 Å². The fourth-order valence-electron chi connectivity index (χ4n) is 2.17. The van der Waals surface area contributed by atoms with Crippen molar-refractivity contribution in [3.05, 3.63) is 28.2 Å². The van der Waals surface area contributed by atoms with Crippen LogP contribution in [0.15, 0.2) is 0 Å². The summed E-state index contributed by atoms with van der Waals surface area (Å²) in [6, 6.07) is 0. The van der Waals surface area contributed by atoms with Gasteiger partial charge < -0.3 is 5.11 Å². The zero-order chi connectivity index (χ0) is 13.4. The van der Waals surface area contributed by atoms with Crippen LogP contribution in [0.3, 0.4) is 0 Å². The molecule has 18 heavy (non-hydrogen) atoms. The summed E-state index contributed by atoms with van der Waals surface area (Å²) in [7, 11) is 0. The number of aliphatic carboxylic acids is 1. The summed E-state index contributed by atoms with van der Waals surface area (Å²) < 4.78 is 1.81. The largest absolute Gasteiger partial charge is 0.481 e. The highest BCUT2D eigenvalue weighted by atomic mass is 16.4. The second-order valence-electron chi connectivity index (χ2n) is 4.60. The summed E-state index contributed by atoms with van der Waals surface area (Å²) in [5.41, 5.74) is 5.75. The van der Waals surface area contributed by atoms with E-state index in [-0.39, 0.29) is 6.42 Å².